The van der Waals surface area contributed by atoms with Crippen LogP contribution in [-0.2, 0) is 11.3 Å². The van der Waals surface area contributed by atoms with Crippen molar-refractivity contribution in [2.24, 2.45) is 0 Å². The number of hydrogen-bond acceptors (Lipinski definition) is 6. The van der Waals surface area contributed by atoms with Gasteiger partial charge in [0.1, 0.15) is 6.33 Å². The third-order valence-corrected chi connectivity index (χ3v) is 5.47. The molecule has 0 atom stereocenters. The van der Waals surface area contributed by atoms with Crippen LogP contribution in [0.4, 0.5) is 5.82 Å². The minimum atomic E-state index is 0.223. The fraction of sp³-hybridized carbons (Fsp3) is 0.421. The highest BCUT2D eigenvalue weighted by molar-refractivity contribution is 9.09. The van der Waals surface area contributed by atoms with Crippen LogP contribution in [-0.4, -0.2) is 67.3 Å². The number of rotatable bonds is 6. The summed E-state index contributed by atoms with van der Waals surface area (Å²) in [6.45, 7) is 3.48. The average Bonchev–Trinajstić information content (AvgIpc) is 3.16. The summed E-state index contributed by atoms with van der Waals surface area (Å²) in [5, 5.41) is 9.49. The molecule has 0 saturated carbocycles. The summed E-state index contributed by atoms with van der Waals surface area (Å²) in [6.07, 6.45) is 3.03. The van der Waals surface area contributed by atoms with Gasteiger partial charge in [0.25, 0.3) is 0 Å². The van der Waals surface area contributed by atoms with Gasteiger partial charge in [-0.15, -0.1) is 5.10 Å². The second-order valence-corrected chi connectivity index (χ2v) is 7.56. The van der Waals surface area contributed by atoms with Crippen LogP contribution in [0.3, 0.4) is 0 Å². The molecule has 1 aromatic carbocycles. The number of piperazine rings is 1. The number of carbonyl (C=O) groups excluding carboxylic acids is 1. The van der Waals surface area contributed by atoms with Gasteiger partial charge in [0.2, 0.25) is 5.91 Å². The first-order valence-electron chi connectivity index (χ1n) is 9.43. The highest BCUT2D eigenvalue weighted by Crippen LogP contribution is 2.22. The van der Waals surface area contributed by atoms with Gasteiger partial charge in [-0.05, 0) is 12.0 Å². The first-order valence-corrected chi connectivity index (χ1v) is 10.5. The first kappa shape index (κ1) is 18.8. The highest BCUT2D eigenvalue weighted by Gasteiger charge is 2.24. The number of carbonyl (C=O) groups is 1. The van der Waals surface area contributed by atoms with Crippen molar-refractivity contribution < 1.29 is 4.79 Å². The van der Waals surface area contributed by atoms with Gasteiger partial charge in [0.15, 0.2) is 17.0 Å². The summed E-state index contributed by atoms with van der Waals surface area (Å²) in [7, 11) is 0. The van der Waals surface area contributed by atoms with Crippen molar-refractivity contribution in [3.05, 3.63) is 42.2 Å². The maximum absolute atomic E-state index is 12.2. The quantitative estimate of drug-likeness (QED) is 0.542. The van der Waals surface area contributed by atoms with Crippen LogP contribution in [0.1, 0.15) is 18.4 Å². The third kappa shape index (κ3) is 3.99. The number of benzene rings is 1. The fourth-order valence-corrected chi connectivity index (χ4v) is 3.70. The van der Waals surface area contributed by atoms with Crippen LogP contribution in [0.2, 0.25) is 0 Å². The Morgan fingerprint density at radius 3 is 2.61 bits per heavy atom. The zero-order chi connectivity index (χ0) is 19.3. The molecule has 1 fully saturated rings. The molecule has 1 aliphatic rings. The number of fused-ring (bicyclic) bond motifs is 1. The van der Waals surface area contributed by atoms with E-state index in [0.717, 1.165) is 41.9 Å². The van der Waals surface area contributed by atoms with E-state index in [1.165, 1.54) is 0 Å². The smallest absolute Gasteiger partial charge is 0.222 e. The van der Waals surface area contributed by atoms with E-state index in [1.54, 1.807) is 11.0 Å². The van der Waals surface area contributed by atoms with Crippen molar-refractivity contribution in [1.82, 2.24) is 29.9 Å². The molecule has 4 rings (SSSR count). The van der Waals surface area contributed by atoms with Crippen LogP contribution < -0.4 is 4.90 Å². The Balaban J connectivity index is 1.49. The van der Waals surface area contributed by atoms with Gasteiger partial charge >= 0.3 is 0 Å². The van der Waals surface area contributed by atoms with Gasteiger partial charge in [-0.3, -0.25) is 4.79 Å². The molecule has 1 aliphatic heterocycles. The Morgan fingerprint density at radius 2 is 1.86 bits per heavy atom. The third-order valence-electron chi connectivity index (χ3n) is 4.91. The first-order chi connectivity index (χ1) is 13.8. The number of amides is 1. The van der Waals surface area contributed by atoms with Crippen LogP contribution in [0.15, 0.2) is 36.7 Å². The summed E-state index contributed by atoms with van der Waals surface area (Å²) < 4.78 is 1.80. The lowest BCUT2D eigenvalue weighted by molar-refractivity contribution is -0.131. The van der Waals surface area contributed by atoms with E-state index >= 15 is 0 Å². The molecular weight excluding hydrogens is 422 g/mol. The Hall–Kier alpha value is -2.55. The summed E-state index contributed by atoms with van der Waals surface area (Å²) in [5.41, 5.74) is 2.58. The van der Waals surface area contributed by atoms with Crippen molar-refractivity contribution in [1.29, 1.82) is 0 Å². The molecule has 8 nitrogen and oxygen atoms in total. The number of anilines is 1. The van der Waals surface area contributed by atoms with Crippen LogP contribution in [0, 0.1) is 0 Å². The molecule has 28 heavy (non-hydrogen) atoms. The van der Waals surface area contributed by atoms with Crippen molar-refractivity contribution in [3.63, 3.8) is 0 Å². The molecule has 1 amide bonds. The molecule has 9 heteroatoms. The lowest BCUT2D eigenvalue weighted by Crippen LogP contribution is -2.49. The predicted octanol–water partition coefficient (Wildman–Crippen LogP) is 2.09. The molecule has 0 radical (unpaired) electrons. The number of nitrogens with zero attached hydrogens (tertiary/aromatic N) is 7. The number of halogens is 1. The van der Waals surface area contributed by atoms with Gasteiger partial charge in [0, 0.05) is 37.9 Å². The number of aromatic nitrogens is 5. The van der Waals surface area contributed by atoms with Crippen LogP contribution in [0.25, 0.3) is 11.2 Å². The molecule has 2 aromatic heterocycles. The molecule has 0 spiro atoms. The van der Waals surface area contributed by atoms with E-state index < -0.39 is 0 Å². The van der Waals surface area contributed by atoms with Crippen LogP contribution in [0.5, 0.6) is 0 Å². The van der Waals surface area contributed by atoms with E-state index in [0.29, 0.717) is 31.6 Å². The lowest BCUT2D eigenvalue weighted by atomic mass is 10.2. The lowest BCUT2D eigenvalue weighted by Gasteiger charge is -2.35. The SMILES string of the molecule is O=C(CCCBr)N1CCN(c2ncnc3c2nnn3Cc2ccccc2)CC1. The molecule has 0 aliphatic carbocycles. The molecular formula is C19H22BrN7O. The molecule has 0 unspecified atom stereocenters. The van der Waals surface area contributed by atoms with Gasteiger partial charge < -0.3 is 9.80 Å². The van der Waals surface area contributed by atoms with Crippen molar-refractivity contribution >= 4 is 38.8 Å². The van der Waals surface area contributed by atoms with Gasteiger partial charge in [-0.25, -0.2) is 14.6 Å². The van der Waals surface area contributed by atoms with Crippen molar-refractivity contribution in [2.45, 2.75) is 19.4 Å². The standard InChI is InChI=1S/C19H22BrN7O/c20-8-4-7-16(28)25-9-11-26(12-10-25)18-17-19(22-14-21-18)27(24-23-17)13-15-5-2-1-3-6-15/h1-3,5-6,14H,4,7-13H2. The monoisotopic (exact) mass is 443 g/mol. The maximum Gasteiger partial charge on any atom is 0.222 e. The largest absolute Gasteiger partial charge is 0.351 e. The fourth-order valence-electron chi connectivity index (χ4n) is 3.42. The minimum absolute atomic E-state index is 0.223. The average molecular weight is 444 g/mol. The van der Waals surface area contributed by atoms with Gasteiger partial charge in [-0.2, -0.15) is 0 Å². The topological polar surface area (TPSA) is 80.0 Å². The van der Waals surface area contributed by atoms with Gasteiger partial charge in [-0.1, -0.05) is 51.5 Å². The Bertz CT molecular complexity index is 938. The normalized spacial score (nSPS) is 14.6. The second-order valence-electron chi connectivity index (χ2n) is 6.76. The summed E-state index contributed by atoms with van der Waals surface area (Å²) in [4.78, 5) is 25.2. The zero-order valence-corrected chi connectivity index (χ0v) is 17.1. The van der Waals surface area contributed by atoms with E-state index in [4.69, 9.17) is 0 Å². The number of alkyl halides is 1. The maximum atomic E-state index is 12.2. The number of hydrogen-bond donors (Lipinski definition) is 0. The van der Waals surface area contributed by atoms with Crippen LogP contribution >= 0.6 is 15.9 Å². The minimum Gasteiger partial charge on any atom is -0.351 e. The Kier molecular flexibility index (Phi) is 5.80. The molecule has 3 heterocycles. The summed E-state index contributed by atoms with van der Waals surface area (Å²) >= 11 is 3.38. The summed E-state index contributed by atoms with van der Waals surface area (Å²) in [5.74, 6) is 1.01. The van der Waals surface area contributed by atoms with E-state index in [1.807, 2.05) is 23.1 Å². The van der Waals surface area contributed by atoms with Crippen molar-refractivity contribution in [2.75, 3.05) is 36.4 Å². The van der Waals surface area contributed by atoms with Crippen molar-refractivity contribution in [3.8, 4) is 0 Å². The zero-order valence-electron chi connectivity index (χ0n) is 15.5. The van der Waals surface area contributed by atoms with E-state index in [9.17, 15) is 4.79 Å². The molecule has 146 valence electrons. The highest BCUT2D eigenvalue weighted by atomic mass is 79.9. The molecule has 3 aromatic rings. The van der Waals surface area contributed by atoms with E-state index in [-0.39, 0.29) is 5.91 Å². The molecule has 0 bridgehead atoms. The van der Waals surface area contributed by atoms with Gasteiger partial charge in [0.05, 0.1) is 6.54 Å². The predicted molar refractivity (Wildman–Crippen MR) is 110 cm³/mol. The molecule has 1 saturated heterocycles. The Morgan fingerprint density at radius 1 is 1.07 bits per heavy atom. The Labute approximate surface area is 171 Å². The second kappa shape index (κ2) is 8.64. The molecule has 0 N–H and O–H groups in total. The van der Waals surface area contributed by atoms with E-state index in [2.05, 4.69) is 53.2 Å². The summed E-state index contributed by atoms with van der Waals surface area (Å²) in [6, 6.07) is 10.1.